The van der Waals surface area contributed by atoms with Gasteiger partial charge in [0.2, 0.25) is 0 Å². The van der Waals surface area contributed by atoms with Gasteiger partial charge in [-0.25, -0.2) is 0 Å². The second kappa shape index (κ2) is 7.73. The summed E-state index contributed by atoms with van der Waals surface area (Å²) in [7, 11) is 0. The topological polar surface area (TPSA) is 63.1 Å². The smallest absolute Gasteiger partial charge is 0.255 e. The molecular weight excluding hydrogens is 336 g/mol. The lowest BCUT2D eigenvalue weighted by Gasteiger charge is -2.23. The van der Waals surface area contributed by atoms with Crippen LogP contribution in [0.3, 0.4) is 0 Å². The molecule has 1 N–H and O–H groups in total. The first-order chi connectivity index (χ1) is 12.1. The first kappa shape index (κ1) is 17.5. The number of benzene rings is 1. The van der Waals surface area contributed by atoms with E-state index in [0.717, 1.165) is 43.7 Å². The van der Waals surface area contributed by atoms with Gasteiger partial charge < -0.3 is 9.88 Å². The second-order valence-corrected chi connectivity index (χ2v) is 6.79. The van der Waals surface area contributed by atoms with E-state index in [4.69, 9.17) is 16.9 Å². The number of rotatable bonds is 3. The number of nitrogens with one attached hydrogen (secondary N) is 1. The molecule has 0 saturated carbocycles. The molecule has 3 rings (SSSR count). The molecule has 1 aliphatic heterocycles. The van der Waals surface area contributed by atoms with E-state index < -0.39 is 0 Å². The number of hydrogen-bond acceptors (Lipinski definition) is 3. The molecule has 6 heteroatoms. The van der Waals surface area contributed by atoms with E-state index in [0.29, 0.717) is 22.8 Å². The minimum Gasteiger partial charge on any atom is -0.353 e. The summed E-state index contributed by atoms with van der Waals surface area (Å²) in [6, 6.07) is 9.54. The fourth-order valence-corrected chi connectivity index (χ4v) is 3.55. The normalized spacial score (nSPS) is 15.6. The van der Waals surface area contributed by atoms with E-state index >= 15 is 0 Å². The number of carbonyl (C=O) groups is 1. The SMILES string of the molecule is Cc1cccc(Cl)c1C(=O)N1CCCN(Cc2c[nH]c(C#N)c2)CC1. The van der Waals surface area contributed by atoms with Gasteiger partial charge in [-0.1, -0.05) is 23.7 Å². The summed E-state index contributed by atoms with van der Waals surface area (Å²) in [6.07, 6.45) is 2.80. The number of hydrogen-bond donors (Lipinski definition) is 1. The van der Waals surface area contributed by atoms with Crippen molar-refractivity contribution >= 4 is 17.5 Å². The number of aryl methyl sites for hydroxylation is 1. The standard InChI is InChI=1S/C19H21ClN4O/c1-14-4-2-5-17(20)18(14)19(25)24-7-3-6-23(8-9-24)13-15-10-16(11-21)22-12-15/h2,4-5,10,12,22H,3,6-9,13H2,1H3. The Hall–Kier alpha value is -2.29. The van der Waals surface area contributed by atoms with Crippen LogP contribution in [0.15, 0.2) is 30.5 Å². The molecule has 0 spiro atoms. The van der Waals surface area contributed by atoms with Gasteiger partial charge in [0.15, 0.2) is 0 Å². The van der Waals surface area contributed by atoms with Gasteiger partial charge >= 0.3 is 0 Å². The van der Waals surface area contributed by atoms with Crippen molar-refractivity contribution in [2.24, 2.45) is 0 Å². The predicted octanol–water partition coefficient (Wildman–Crippen LogP) is 3.20. The van der Waals surface area contributed by atoms with Crippen LogP contribution < -0.4 is 0 Å². The Kier molecular flexibility index (Phi) is 5.42. The predicted molar refractivity (Wildman–Crippen MR) is 97.5 cm³/mol. The van der Waals surface area contributed by atoms with E-state index in [-0.39, 0.29) is 5.91 Å². The summed E-state index contributed by atoms with van der Waals surface area (Å²) in [5, 5.41) is 9.42. The molecule has 1 aromatic heterocycles. The maximum atomic E-state index is 12.9. The molecule has 0 bridgehead atoms. The Morgan fingerprint density at radius 3 is 2.88 bits per heavy atom. The van der Waals surface area contributed by atoms with Crippen molar-refractivity contribution in [3.63, 3.8) is 0 Å². The lowest BCUT2D eigenvalue weighted by atomic mass is 10.1. The number of halogens is 1. The molecule has 1 amide bonds. The molecule has 0 unspecified atom stereocenters. The summed E-state index contributed by atoms with van der Waals surface area (Å²) in [6.45, 7) is 5.85. The van der Waals surface area contributed by atoms with Crippen LogP contribution in [0.2, 0.25) is 5.02 Å². The van der Waals surface area contributed by atoms with E-state index in [1.54, 1.807) is 6.07 Å². The highest BCUT2D eigenvalue weighted by Crippen LogP contribution is 2.22. The molecule has 2 aromatic rings. The molecule has 1 aliphatic rings. The maximum absolute atomic E-state index is 12.9. The molecule has 1 saturated heterocycles. The Balaban J connectivity index is 1.65. The number of nitriles is 1. The van der Waals surface area contributed by atoms with Gasteiger partial charge in [0.1, 0.15) is 11.8 Å². The van der Waals surface area contributed by atoms with Gasteiger partial charge in [-0.3, -0.25) is 9.69 Å². The molecule has 0 atom stereocenters. The molecule has 1 aromatic carbocycles. The summed E-state index contributed by atoms with van der Waals surface area (Å²) in [4.78, 5) is 20.0. The van der Waals surface area contributed by atoms with Crippen molar-refractivity contribution < 1.29 is 4.79 Å². The summed E-state index contributed by atoms with van der Waals surface area (Å²) >= 11 is 6.25. The molecule has 0 radical (unpaired) electrons. The van der Waals surface area contributed by atoms with Crippen LogP contribution in [-0.2, 0) is 6.54 Å². The summed E-state index contributed by atoms with van der Waals surface area (Å²) in [5.41, 5.74) is 3.20. The van der Waals surface area contributed by atoms with Crippen LogP contribution in [0.5, 0.6) is 0 Å². The highest BCUT2D eigenvalue weighted by atomic mass is 35.5. The number of aromatic nitrogens is 1. The van der Waals surface area contributed by atoms with Crippen molar-refractivity contribution in [2.75, 3.05) is 26.2 Å². The minimum atomic E-state index is 0.0124. The van der Waals surface area contributed by atoms with Crippen molar-refractivity contribution in [1.82, 2.24) is 14.8 Å². The summed E-state index contributed by atoms with van der Waals surface area (Å²) < 4.78 is 0. The zero-order chi connectivity index (χ0) is 17.8. The average molecular weight is 357 g/mol. The Labute approximate surface area is 152 Å². The molecular formula is C19H21ClN4O. The maximum Gasteiger partial charge on any atom is 0.255 e. The average Bonchev–Trinajstić information content (AvgIpc) is 2.91. The third-order valence-electron chi connectivity index (χ3n) is 4.58. The third kappa shape index (κ3) is 4.04. The second-order valence-electron chi connectivity index (χ2n) is 6.39. The molecule has 130 valence electrons. The Morgan fingerprint density at radius 1 is 1.32 bits per heavy atom. The fraction of sp³-hybridized carbons (Fsp3) is 0.368. The molecule has 5 nitrogen and oxygen atoms in total. The summed E-state index contributed by atoms with van der Waals surface area (Å²) in [5.74, 6) is 0.0124. The lowest BCUT2D eigenvalue weighted by molar-refractivity contribution is 0.0760. The number of H-pyrrole nitrogens is 1. The van der Waals surface area contributed by atoms with Gasteiger partial charge in [0.25, 0.3) is 5.91 Å². The lowest BCUT2D eigenvalue weighted by Crippen LogP contribution is -2.35. The fourth-order valence-electron chi connectivity index (χ4n) is 3.25. The molecule has 1 fully saturated rings. The van der Waals surface area contributed by atoms with Gasteiger partial charge in [-0.2, -0.15) is 5.26 Å². The quantitative estimate of drug-likeness (QED) is 0.918. The number of carbonyl (C=O) groups excluding carboxylic acids is 1. The van der Waals surface area contributed by atoms with Crippen molar-refractivity contribution in [3.05, 3.63) is 57.9 Å². The Bertz CT molecular complexity index is 788. The van der Waals surface area contributed by atoms with Crippen molar-refractivity contribution in [3.8, 4) is 6.07 Å². The van der Waals surface area contributed by atoms with Crippen molar-refractivity contribution in [1.29, 1.82) is 5.26 Å². The van der Waals surface area contributed by atoms with Crippen LogP contribution in [0.1, 0.15) is 33.6 Å². The van der Waals surface area contributed by atoms with Crippen LogP contribution in [0, 0.1) is 18.3 Å². The largest absolute Gasteiger partial charge is 0.353 e. The zero-order valence-corrected chi connectivity index (χ0v) is 15.0. The Morgan fingerprint density at radius 2 is 2.16 bits per heavy atom. The zero-order valence-electron chi connectivity index (χ0n) is 14.3. The van der Waals surface area contributed by atoms with E-state index in [9.17, 15) is 4.79 Å². The molecule has 2 heterocycles. The van der Waals surface area contributed by atoms with Gasteiger partial charge in [0.05, 0.1) is 10.6 Å². The number of nitrogens with zero attached hydrogens (tertiary/aromatic N) is 3. The van der Waals surface area contributed by atoms with Crippen LogP contribution in [0.25, 0.3) is 0 Å². The van der Waals surface area contributed by atoms with Crippen LogP contribution in [-0.4, -0.2) is 46.9 Å². The number of amides is 1. The molecule has 25 heavy (non-hydrogen) atoms. The third-order valence-corrected chi connectivity index (χ3v) is 4.90. The van der Waals surface area contributed by atoms with E-state index in [2.05, 4.69) is 16.0 Å². The van der Waals surface area contributed by atoms with E-state index in [1.807, 2.05) is 36.2 Å². The minimum absolute atomic E-state index is 0.0124. The van der Waals surface area contributed by atoms with Gasteiger partial charge in [-0.05, 0) is 36.6 Å². The van der Waals surface area contributed by atoms with E-state index in [1.165, 1.54) is 0 Å². The monoisotopic (exact) mass is 356 g/mol. The highest BCUT2D eigenvalue weighted by molar-refractivity contribution is 6.34. The van der Waals surface area contributed by atoms with Crippen LogP contribution >= 0.6 is 11.6 Å². The van der Waals surface area contributed by atoms with Crippen molar-refractivity contribution in [2.45, 2.75) is 19.9 Å². The van der Waals surface area contributed by atoms with Gasteiger partial charge in [0, 0.05) is 38.9 Å². The van der Waals surface area contributed by atoms with Gasteiger partial charge in [-0.15, -0.1) is 0 Å². The first-order valence-corrected chi connectivity index (χ1v) is 8.80. The van der Waals surface area contributed by atoms with Crippen LogP contribution in [0.4, 0.5) is 0 Å². The first-order valence-electron chi connectivity index (χ1n) is 8.42. The number of aromatic amines is 1. The molecule has 0 aliphatic carbocycles. The highest BCUT2D eigenvalue weighted by Gasteiger charge is 2.23.